The number of rotatable bonds is 4. The van der Waals surface area contributed by atoms with Crippen molar-refractivity contribution in [2.75, 3.05) is 13.1 Å². The van der Waals surface area contributed by atoms with E-state index in [0.717, 1.165) is 25.8 Å². The van der Waals surface area contributed by atoms with E-state index < -0.39 is 11.3 Å². The Balaban J connectivity index is 0.00000256. The number of primary amides is 1. The van der Waals surface area contributed by atoms with E-state index in [-0.39, 0.29) is 24.4 Å². The number of hydrogen-bond acceptors (Lipinski definition) is 3. The largest absolute Gasteiger partial charge is 0.369 e. The lowest BCUT2D eigenvalue weighted by Crippen LogP contribution is -2.50. The standard InChI is InChI=1S/C11H21N3O2.ClH/c1-11(2,10(12)16)7-14-9(15)8-5-3-4-6-13-8;/h8,13H,3-7H2,1-2H3,(H2,12,16)(H,14,15);1H/t8-;/m1./s1. The van der Waals surface area contributed by atoms with Gasteiger partial charge in [-0.1, -0.05) is 6.42 Å². The van der Waals surface area contributed by atoms with Crippen molar-refractivity contribution in [3.63, 3.8) is 0 Å². The summed E-state index contributed by atoms with van der Waals surface area (Å²) < 4.78 is 0. The normalized spacial score (nSPS) is 20.2. The maximum atomic E-state index is 11.7. The quantitative estimate of drug-likeness (QED) is 0.676. The summed E-state index contributed by atoms with van der Waals surface area (Å²) in [5.74, 6) is -0.432. The maximum Gasteiger partial charge on any atom is 0.237 e. The van der Waals surface area contributed by atoms with Crippen LogP contribution in [0.5, 0.6) is 0 Å². The average molecular weight is 264 g/mol. The van der Waals surface area contributed by atoms with Crippen LogP contribution in [0.3, 0.4) is 0 Å². The Morgan fingerprint density at radius 3 is 2.53 bits per heavy atom. The first kappa shape index (κ1) is 16.2. The third kappa shape index (κ3) is 4.91. The zero-order chi connectivity index (χ0) is 12.2. The number of carbonyl (C=O) groups excluding carboxylic acids is 2. The molecule has 0 aromatic rings. The number of halogens is 1. The van der Waals surface area contributed by atoms with Crippen LogP contribution in [-0.4, -0.2) is 30.9 Å². The zero-order valence-corrected chi connectivity index (χ0v) is 11.2. The molecule has 2 amide bonds. The molecule has 1 rings (SSSR count). The van der Waals surface area contributed by atoms with Crippen LogP contribution in [0.1, 0.15) is 33.1 Å². The highest BCUT2D eigenvalue weighted by atomic mass is 35.5. The van der Waals surface area contributed by atoms with Gasteiger partial charge in [0, 0.05) is 6.54 Å². The lowest BCUT2D eigenvalue weighted by Gasteiger charge is -2.25. The van der Waals surface area contributed by atoms with Gasteiger partial charge in [0.2, 0.25) is 11.8 Å². The van der Waals surface area contributed by atoms with Crippen molar-refractivity contribution in [1.29, 1.82) is 0 Å². The molecule has 1 heterocycles. The number of nitrogens with one attached hydrogen (secondary N) is 2. The Hall–Kier alpha value is -0.810. The van der Waals surface area contributed by atoms with Crippen LogP contribution in [0, 0.1) is 5.41 Å². The Kier molecular flexibility index (Phi) is 6.49. The highest BCUT2D eigenvalue weighted by molar-refractivity contribution is 5.85. The molecule has 1 fully saturated rings. The third-order valence-corrected chi connectivity index (χ3v) is 3.00. The van der Waals surface area contributed by atoms with Crippen molar-refractivity contribution in [3.05, 3.63) is 0 Å². The lowest BCUT2D eigenvalue weighted by molar-refractivity contribution is -0.127. The van der Waals surface area contributed by atoms with Crippen LogP contribution in [0.2, 0.25) is 0 Å². The first-order chi connectivity index (χ1) is 7.43. The van der Waals surface area contributed by atoms with Gasteiger partial charge in [-0.05, 0) is 33.2 Å². The molecule has 0 saturated carbocycles. The minimum Gasteiger partial charge on any atom is -0.369 e. The second kappa shape index (κ2) is 6.81. The highest BCUT2D eigenvalue weighted by Crippen LogP contribution is 2.12. The van der Waals surface area contributed by atoms with Crippen LogP contribution >= 0.6 is 12.4 Å². The van der Waals surface area contributed by atoms with Gasteiger partial charge in [0.15, 0.2) is 0 Å². The average Bonchev–Trinajstić information content (AvgIpc) is 2.27. The van der Waals surface area contributed by atoms with Gasteiger partial charge in [-0.3, -0.25) is 9.59 Å². The zero-order valence-electron chi connectivity index (χ0n) is 10.4. The first-order valence-electron chi connectivity index (χ1n) is 5.74. The van der Waals surface area contributed by atoms with Gasteiger partial charge in [0.1, 0.15) is 0 Å². The Labute approximate surface area is 108 Å². The van der Waals surface area contributed by atoms with Crippen molar-refractivity contribution in [3.8, 4) is 0 Å². The van der Waals surface area contributed by atoms with E-state index in [2.05, 4.69) is 10.6 Å². The first-order valence-corrected chi connectivity index (χ1v) is 5.74. The summed E-state index contributed by atoms with van der Waals surface area (Å²) in [7, 11) is 0. The molecule has 1 aliphatic heterocycles. The maximum absolute atomic E-state index is 11.7. The molecule has 0 bridgehead atoms. The van der Waals surface area contributed by atoms with Crippen molar-refractivity contribution in [2.45, 2.75) is 39.2 Å². The van der Waals surface area contributed by atoms with Crippen LogP contribution in [0.25, 0.3) is 0 Å². The van der Waals surface area contributed by atoms with Crippen LogP contribution in [-0.2, 0) is 9.59 Å². The topological polar surface area (TPSA) is 84.2 Å². The number of piperidine rings is 1. The van der Waals surface area contributed by atoms with Gasteiger partial charge in [-0.15, -0.1) is 12.4 Å². The Morgan fingerprint density at radius 1 is 1.41 bits per heavy atom. The SMILES string of the molecule is CC(C)(CNC(=O)[C@H]1CCCCN1)C(N)=O.Cl. The minimum atomic E-state index is -0.690. The fraction of sp³-hybridized carbons (Fsp3) is 0.818. The van der Waals surface area contributed by atoms with E-state index in [9.17, 15) is 9.59 Å². The summed E-state index contributed by atoms with van der Waals surface area (Å²) in [5.41, 5.74) is 4.54. The number of amides is 2. The van der Waals surface area contributed by atoms with E-state index in [1.54, 1.807) is 13.8 Å². The molecule has 0 aromatic carbocycles. The van der Waals surface area contributed by atoms with Gasteiger partial charge >= 0.3 is 0 Å². The molecule has 100 valence electrons. The third-order valence-electron chi connectivity index (χ3n) is 3.00. The van der Waals surface area contributed by atoms with E-state index in [0.29, 0.717) is 6.54 Å². The molecule has 0 unspecified atom stereocenters. The van der Waals surface area contributed by atoms with Gasteiger partial charge < -0.3 is 16.4 Å². The molecule has 0 spiro atoms. The van der Waals surface area contributed by atoms with E-state index >= 15 is 0 Å². The fourth-order valence-electron chi connectivity index (χ4n) is 1.59. The lowest BCUT2D eigenvalue weighted by atomic mass is 9.92. The molecule has 17 heavy (non-hydrogen) atoms. The summed E-state index contributed by atoms with van der Waals surface area (Å²) in [6.07, 6.45) is 3.06. The van der Waals surface area contributed by atoms with Crippen molar-refractivity contribution >= 4 is 24.2 Å². The summed E-state index contributed by atoms with van der Waals surface area (Å²) in [6.45, 7) is 4.63. The second-order valence-electron chi connectivity index (χ2n) is 4.97. The molecule has 6 heteroatoms. The van der Waals surface area contributed by atoms with Crippen molar-refractivity contribution < 1.29 is 9.59 Å². The number of carbonyl (C=O) groups is 2. The number of hydrogen-bond donors (Lipinski definition) is 3. The van der Waals surface area contributed by atoms with Gasteiger partial charge in [0.25, 0.3) is 0 Å². The second-order valence-corrected chi connectivity index (χ2v) is 4.97. The van der Waals surface area contributed by atoms with E-state index in [1.807, 2.05) is 0 Å². The van der Waals surface area contributed by atoms with Crippen LogP contribution in [0.4, 0.5) is 0 Å². The predicted octanol–water partition coefficient (Wildman–Crippen LogP) is 0.178. The monoisotopic (exact) mass is 263 g/mol. The summed E-state index contributed by atoms with van der Waals surface area (Å²) >= 11 is 0. The van der Waals surface area contributed by atoms with Crippen LogP contribution in [0.15, 0.2) is 0 Å². The molecular formula is C11H22ClN3O2. The molecule has 1 saturated heterocycles. The minimum absolute atomic E-state index is 0. The smallest absolute Gasteiger partial charge is 0.237 e. The molecule has 0 radical (unpaired) electrons. The van der Waals surface area contributed by atoms with E-state index in [4.69, 9.17) is 5.73 Å². The molecule has 0 aromatic heterocycles. The van der Waals surface area contributed by atoms with Crippen LogP contribution < -0.4 is 16.4 Å². The van der Waals surface area contributed by atoms with Crippen molar-refractivity contribution in [2.24, 2.45) is 11.1 Å². The molecule has 0 aliphatic carbocycles. The Morgan fingerprint density at radius 2 is 2.06 bits per heavy atom. The summed E-state index contributed by atoms with van der Waals surface area (Å²) in [4.78, 5) is 22.8. The molecular weight excluding hydrogens is 242 g/mol. The summed E-state index contributed by atoms with van der Waals surface area (Å²) in [5, 5.41) is 5.93. The van der Waals surface area contributed by atoms with Gasteiger partial charge in [-0.2, -0.15) is 0 Å². The molecule has 1 atom stereocenters. The predicted molar refractivity (Wildman–Crippen MR) is 68.9 cm³/mol. The highest BCUT2D eigenvalue weighted by Gasteiger charge is 2.27. The van der Waals surface area contributed by atoms with E-state index in [1.165, 1.54) is 0 Å². The number of nitrogens with two attached hydrogens (primary N) is 1. The van der Waals surface area contributed by atoms with Gasteiger partial charge in [0.05, 0.1) is 11.5 Å². The molecule has 4 N–H and O–H groups in total. The molecule has 1 aliphatic rings. The summed E-state index contributed by atoms with van der Waals surface area (Å²) in [6, 6.07) is -0.113. The Bertz CT molecular complexity index is 276. The van der Waals surface area contributed by atoms with Crippen molar-refractivity contribution in [1.82, 2.24) is 10.6 Å². The fourth-order valence-corrected chi connectivity index (χ4v) is 1.59. The molecule has 5 nitrogen and oxygen atoms in total. The van der Waals surface area contributed by atoms with Gasteiger partial charge in [-0.25, -0.2) is 0 Å².